The number of carbonyl (C=O) groups is 3. The molecule has 1 atom stereocenters. The molecule has 7 nitrogen and oxygen atoms in total. The molecule has 29 heavy (non-hydrogen) atoms. The first-order valence-corrected chi connectivity index (χ1v) is 9.52. The number of amides is 2. The van der Waals surface area contributed by atoms with E-state index in [1.165, 1.54) is 0 Å². The molecule has 0 radical (unpaired) electrons. The summed E-state index contributed by atoms with van der Waals surface area (Å²) in [7, 11) is 0. The Morgan fingerprint density at radius 3 is 2.14 bits per heavy atom. The largest absolute Gasteiger partial charge is 0.480 e. The number of urea groups is 1. The van der Waals surface area contributed by atoms with Gasteiger partial charge in [0, 0.05) is 11.3 Å². The molecule has 148 valence electrons. The highest BCUT2D eigenvalue weighted by Gasteiger charge is 2.23. The molecule has 0 bridgehead atoms. The van der Waals surface area contributed by atoms with Crippen LogP contribution in [0.4, 0.5) is 10.5 Å². The number of aliphatic carboxylic acids is 1. The summed E-state index contributed by atoms with van der Waals surface area (Å²) < 4.78 is 0. The zero-order valence-electron chi connectivity index (χ0n) is 15.2. The zero-order valence-corrected chi connectivity index (χ0v) is 16.0. The lowest BCUT2D eigenvalue weighted by atomic mass is 10.1. The van der Waals surface area contributed by atoms with E-state index in [4.69, 9.17) is 0 Å². The molecule has 0 saturated carbocycles. The minimum absolute atomic E-state index is 0.0334. The van der Waals surface area contributed by atoms with Crippen LogP contribution in [0.1, 0.15) is 15.2 Å². The summed E-state index contributed by atoms with van der Waals surface area (Å²) in [5.41, 5.74) is 1.69. The summed E-state index contributed by atoms with van der Waals surface area (Å²) in [6.45, 7) is 0. The van der Waals surface area contributed by atoms with E-state index in [1.807, 2.05) is 36.4 Å². The Bertz CT molecular complexity index is 1020. The van der Waals surface area contributed by atoms with E-state index in [2.05, 4.69) is 10.6 Å². The van der Waals surface area contributed by atoms with Gasteiger partial charge in [0.15, 0.2) is 0 Å². The molecule has 4 N–H and O–H groups in total. The molecule has 0 aliphatic heterocycles. The van der Waals surface area contributed by atoms with Crippen molar-refractivity contribution in [3.05, 3.63) is 77.2 Å². The first kappa shape index (κ1) is 20.1. The topological polar surface area (TPSA) is 116 Å². The lowest BCUT2D eigenvalue weighted by Gasteiger charge is -2.15. The van der Waals surface area contributed by atoms with E-state index in [0.717, 1.165) is 22.5 Å². The van der Waals surface area contributed by atoms with Gasteiger partial charge in [0.1, 0.15) is 10.9 Å². The average Bonchev–Trinajstić information content (AvgIpc) is 3.13. The molecule has 0 saturated heterocycles. The van der Waals surface area contributed by atoms with Crippen LogP contribution in [0, 0.1) is 0 Å². The molecule has 3 rings (SSSR count). The molecule has 8 heteroatoms. The fraction of sp³-hybridized carbons (Fsp3) is 0.0952. The third-order valence-corrected chi connectivity index (χ3v) is 5.29. The van der Waals surface area contributed by atoms with Gasteiger partial charge in [-0.2, -0.15) is 0 Å². The molecule has 2 aromatic carbocycles. The standard InChI is InChI=1S/C21H18N2O5S/c24-19(25)16(11-13-7-3-1-4-8-13)23-21(28)22-15-12-17(29-18(15)20(26)27)14-9-5-2-6-10-14/h1-10,12,16H,11H2,(H,24,25)(H,26,27)(H2,22,23,28)/t16-/m0/s1. The minimum Gasteiger partial charge on any atom is -0.480 e. The predicted molar refractivity (Wildman–Crippen MR) is 110 cm³/mol. The number of benzene rings is 2. The lowest BCUT2D eigenvalue weighted by molar-refractivity contribution is -0.139. The number of thiophene rings is 1. The summed E-state index contributed by atoms with van der Waals surface area (Å²) in [5, 5.41) is 23.7. The van der Waals surface area contributed by atoms with Crippen LogP contribution >= 0.6 is 11.3 Å². The number of carboxylic acid groups (broad SMARTS) is 2. The van der Waals surface area contributed by atoms with Crippen molar-refractivity contribution in [3.63, 3.8) is 0 Å². The first-order chi connectivity index (χ1) is 13.9. The van der Waals surface area contributed by atoms with Crippen molar-refractivity contribution >= 4 is 35.0 Å². The number of nitrogens with one attached hydrogen (secondary N) is 2. The van der Waals surface area contributed by atoms with Gasteiger partial charge in [-0.1, -0.05) is 60.7 Å². The zero-order chi connectivity index (χ0) is 20.8. The fourth-order valence-electron chi connectivity index (χ4n) is 2.75. The highest BCUT2D eigenvalue weighted by Crippen LogP contribution is 2.34. The van der Waals surface area contributed by atoms with Crippen LogP contribution in [0.5, 0.6) is 0 Å². The predicted octanol–water partition coefficient (Wildman–Crippen LogP) is 3.93. The van der Waals surface area contributed by atoms with Gasteiger partial charge >= 0.3 is 18.0 Å². The van der Waals surface area contributed by atoms with Crippen LogP contribution in [0.25, 0.3) is 10.4 Å². The Labute approximate surface area is 170 Å². The second kappa shape index (κ2) is 9.03. The van der Waals surface area contributed by atoms with Gasteiger partial charge in [-0.15, -0.1) is 11.3 Å². The monoisotopic (exact) mass is 410 g/mol. The van der Waals surface area contributed by atoms with E-state index in [-0.39, 0.29) is 17.0 Å². The lowest BCUT2D eigenvalue weighted by Crippen LogP contribution is -2.44. The van der Waals surface area contributed by atoms with Crippen LogP contribution in [0.2, 0.25) is 0 Å². The van der Waals surface area contributed by atoms with Crippen molar-refractivity contribution in [2.45, 2.75) is 12.5 Å². The van der Waals surface area contributed by atoms with Crippen molar-refractivity contribution < 1.29 is 24.6 Å². The molecule has 3 aromatic rings. The smallest absolute Gasteiger partial charge is 0.348 e. The molecule has 1 aromatic heterocycles. The molecule has 1 heterocycles. The van der Waals surface area contributed by atoms with Crippen LogP contribution in [0.3, 0.4) is 0 Å². The molecule has 0 fully saturated rings. The Morgan fingerprint density at radius 2 is 1.55 bits per heavy atom. The van der Waals surface area contributed by atoms with Gasteiger partial charge in [-0.25, -0.2) is 14.4 Å². The van der Waals surface area contributed by atoms with Crippen molar-refractivity contribution in [1.29, 1.82) is 0 Å². The van der Waals surface area contributed by atoms with E-state index in [9.17, 15) is 24.6 Å². The Kier molecular flexibility index (Phi) is 6.25. The van der Waals surface area contributed by atoms with Crippen molar-refractivity contribution in [1.82, 2.24) is 5.32 Å². The Balaban J connectivity index is 1.76. The van der Waals surface area contributed by atoms with Gasteiger partial charge in [-0.05, 0) is 17.2 Å². The number of aromatic carboxylic acids is 1. The van der Waals surface area contributed by atoms with Gasteiger partial charge in [0.25, 0.3) is 0 Å². The van der Waals surface area contributed by atoms with Crippen LogP contribution in [-0.4, -0.2) is 34.2 Å². The van der Waals surface area contributed by atoms with E-state index in [1.54, 1.807) is 30.3 Å². The summed E-state index contributed by atoms with van der Waals surface area (Å²) in [6, 6.07) is 17.7. The number of carbonyl (C=O) groups excluding carboxylic acids is 1. The van der Waals surface area contributed by atoms with Gasteiger partial charge in [0.2, 0.25) is 0 Å². The van der Waals surface area contributed by atoms with Crippen LogP contribution in [-0.2, 0) is 11.2 Å². The van der Waals surface area contributed by atoms with E-state index < -0.39 is 24.0 Å². The van der Waals surface area contributed by atoms with Gasteiger partial charge < -0.3 is 20.8 Å². The highest BCUT2D eigenvalue weighted by atomic mass is 32.1. The molecule has 0 aliphatic rings. The van der Waals surface area contributed by atoms with Crippen LogP contribution < -0.4 is 10.6 Å². The molecule has 2 amide bonds. The maximum Gasteiger partial charge on any atom is 0.348 e. The van der Waals surface area contributed by atoms with Gasteiger partial charge in [0.05, 0.1) is 5.69 Å². The van der Waals surface area contributed by atoms with E-state index >= 15 is 0 Å². The molecule has 0 spiro atoms. The summed E-state index contributed by atoms with van der Waals surface area (Å²) in [4.78, 5) is 36.1. The third-order valence-electron chi connectivity index (χ3n) is 4.12. The average molecular weight is 410 g/mol. The SMILES string of the molecule is O=C(Nc1cc(-c2ccccc2)sc1C(=O)O)N[C@@H](Cc1ccccc1)C(=O)O. The second-order valence-electron chi connectivity index (χ2n) is 6.20. The highest BCUT2D eigenvalue weighted by molar-refractivity contribution is 7.18. The molecular formula is C21H18N2O5S. The maximum atomic E-state index is 12.4. The third kappa shape index (κ3) is 5.20. The van der Waals surface area contributed by atoms with E-state index in [0.29, 0.717) is 4.88 Å². The minimum atomic E-state index is -1.18. The Morgan fingerprint density at radius 1 is 0.931 bits per heavy atom. The van der Waals surface area contributed by atoms with Gasteiger partial charge in [-0.3, -0.25) is 0 Å². The summed E-state index contributed by atoms with van der Waals surface area (Å²) >= 11 is 1.03. The second-order valence-corrected chi connectivity index (χ2v) is 7.26. The number of rotatable bonds is 7. The first-order valence-electron chi connectivity index (χ1n) is 8.71. The quantitative estimate of drug-likeness (QED) is 0.471. The van der Waals surface area contributed by atoms with Crippen molar-refractivity contribution in [2.75, 3.05) is 5.32 Å². The van der Waals surface area contributed by atoms with Crippen LogP contribution in [0.15, 0.2) is 66.7 Å². The van der Waals surface area contributed by atoms with Crippen molar-refractivity contribution in [3.8, 4) is 10.4 Å². The molecular weight excluding hydrogens is 392 g/mol. The van der Waals surface area contributed by atoms with Crippen molar-refractivity contribution in [2.24, 2.45) is 0 Å². The Hall–Kier alpha value is -3.65. The number of anilines is 1. The summed E-state index contributed by atoms with van der Waals surface area (Å²) in [5.74, 6) is -2.36. The maximum absolute atomic E-state index is 12.4. The number of hydrogen-bond acceptors (Lipinski definition) is 4. The molecule has 0 unspecified atom stereocenters. The molecule has 0 aliphatic carbocycles. The number of hydrogen-bond donors (Lipinski definition) is 4. The number of carboxylic acids is 2. The fourth-order valence-corrected chi connectivity index (χ4v) is 3.71. The summed E-state index contributed by atoms with van der Waals surface area (Å²) in [6.07, 6.45) is 0.105. The normalized spacial score (nSPS) is 11.4.